The number of epoxide rings is 2. The maximum atomic E-state index is 13.0. The van der Waals surface area contributed by atoms with Gasteiger partial charge in [-0.15, -0.1) is 0 Å². The average Bonchev–Trinajstić information content (AvgIpc) is 3.88. The summed E-state index contributed by atoms with van der Waals surface area (Å²) in [6, 6.07) is 12.4. The fraction of sp³-hybridized carbons (Fsp3) is 0.611. The number of halogens is 2. The fourth-order valence-corrected chi connectivity index (χ4v) is 8.45. The minimum Gasteiger partial charge on any atom is -0.358 e. The number of ether oxygens (including phenoxy) is 4. The van der Waals surface area contributed by atoms with E-state index in [2.05, 4.69) is 76.9 Å². The van der Waals surface area contributed by atoms with Gasteiger partial charge in [-0.3, -0.25) is 9.59 Å². The van der Waals surface area contributed by atoms with E-state index < -0.39 is 33.6 Å². The van der Waals surface area contributed by atoms with Gasteiger partial charge in [-0.25, -0.2) is 0 Å². The van der Waals surface area contributed by atoms with Crippen molar-refractivity contribution in [2.45, 2.75) is 141 Å². The highest BCUT2D eigenvalue weighted by Gasteiger charge is 2.80. The summed E-state index contributed by atoms with van der Waals surface area (Å²) < 4.78 is 26.6. The third-order valence-corrected chi connectivity index (χ3v) is 11.4. The van der Waals surface area contributed by atoms with Gasteiger partial charge in [0.15, 0.2) is 11.2 Å². The molecule has 4 aliphatic heterocycles. The van der Waals surface area contributed by atoms with Crippen LogP contribution in [0.1, 0.15) is 117 Å². The van der Waals surface area contributed by atoms with Crippen molar-refractivity contribution in [3.05, 3.63) is 67.6 Å². The smallest absolute Gasteiger partial charge is 0.202 e. The van der Waals surface area contributed by atoms with Crippen LogP contribution in [-0.4, -0.2) is 45.2 Å². The summed E-state index contributed by atoms with van der Waals surface area (Å²) in [5.41, 5.74) is 0.251. The minimum absolute atomic E-state index is 0.0688. The first-order valence-electron chi connectivity index (χ1n) is 15.9. The van der Waals surface area contributed by atoms with Gasteiger partial charge >= 0.3 is 0 Å². The van der Waals surface area contributed by atoms with Crippen LogP contribution in [0.2, 0.25) is 0 Å². The van der Waals surface area contributed by atoms with Gasteiger partial charge in [0, 0.05) is 8.95 Å². The van der Waals surface area contributed by atoms with E-state index in [0.29, 0.717) is 6.42 Å². The normalized spacial score (nSPS) is 36.1. The van der Waals surface area contributed by atoms with Crippen LogP contribution in [-0.2, 0) is 41.4 Å². The maximum absolute atomic E-state index is 13.0. The quantitative estimate of drug-likeness (QED) is 0.277. The number of ketones is 2. The molecule has 0 saturated carbocycles. The first-order chi connectivity index (χ1) is 20.4. The Hall–Kier alpha value is -1.42. The minimum atomic E-state index is -0.838. The van der Waals surface area contributed by atoms with Crippen molar-refractivity contribution in [1.82, 2.24) is 0 Å². The molecule has 4 aliphatic rings. The van der Waals surface area contributed by atoms with E-state index in [-0.39, 0.29) is 23.8 Å². The van der Waals surface area contributed by atoms with Crippen LogP contribution in [0.15, 0.2) is 45.3 Å². The fourth-order valence-electron chi connectivity index (χ4n) is 7.64. The summed E-state index contributed by atoms with van der Waals surface area (Å²) in [7, 11) is 0. The molecule has 6 unspecified atom stereocenters. The second kappa shape index (κ2) is 11.1. The van der Waals surface area contributed by atoms with Crippen molar-refractivity contribution in [2.24, 2.45) is 0 Å². The van der Waals surface area contributed by atoms with Crippen molar-refractivity contribution in [3.8, 4) is 0 Å². The van der Waals surface area contributed by atoms with Crippen molar-refractivity contribution >= 4 is 43.4 Å². The van der Waals surface area contributed by atoms with Gasteiger partial charge in [-0.05, 0) is 114 Å². The summed E-state index contributed by atoms with van der Waals surface area (Å²) in [6.07, 6.45) is 2.82. The Balaban J connectivity index is 0.000000175. The van der Waals surface area contributed by atoms with Gasteiger partial charge in [-0.1, -0.05) is 71.7 Å². The molecule has 4 fully saturated rings. The Labute approximate surface area is 279 Å². The molecule has 6 atom stereocenters. The predicted molar refractivity (Wildman–Crippen MR) is 178 cm³/mol. The molecular weight excluding hydrogens is 688 g/mol. The second-order valence-electron chi connectivity index (χ2n) is 13.9. The lowest BCUT2D eigenvalue weighted by atomic mass is 9.78. The zero-order chi connectivity index (χ0) is 32.7. The van der Waals surface area contributed by atoms with E-state index in [0.717, 1.165) is 39.3 Å². The summed E-state index contributed by atoms with van der Waals surface area (Å²) >= 11 is 7.03. The summed E-state index contributed by atoms with van der Waals surface area (Å²) in [4.78, 5) is 26.0. The van der Waals surface area contributed by atoms with Crippen LogP contribution in [0.25, 0.3) is 0 Å². The van der Waals surface area contributed by atoms with Gasteiger partial charge in [0.25, 0.3) is 0 Å². The van der Waals surface area contributed by atoms with Crippen LogP contribution < -0.4 is 0 Å². The Bertz CT molecular complexity index is 1500. The number of aryl methyl sites for hydroxylation is 2. The predicted octanol–water partition coefficient (Wildman–Crippen LogP) is 8.74. The molecule has 2 aromatic carbocycles. The van der Waals surface area contributed by atoms with Crippen molar-refractivity contribution < 1.29 is 28.5 Å². The zero-order valence-electron chi connectivity index (χ0n) is 27.7. The van der Waals surface area contributed by atoms with Gasteiger partial charge < -0.3 is 18.9 Å². The molecule has 0 N–H and O–H groups in total. The molecule has 4 heterocycles. The number of rotatable bonds is 6. The number of carbonyl (C=O) groups excluding carboxylic acids is 2. The number of hydrogen-bond acceptors (Lipinski definition) is 6. The van der Waals surface area contributed by atoms with Gasteiger partial charge in [-0.2, -0.15) is 0 Å². The molecule has 240 valence electrons. The lowest BCUT2D eigenvalue weighted by Gasteiger charge is -2.27. The molecule has 8 heteroatoms. The summed E-state index contributed by atoms with van der Waals surface area (Å²) in [5.74, 6) is 0.154. The van der Waals surface area contributed by atoms with E-state index in [4.69, 9.17) is 18.9 Å². The van der Waals surface area contributed by atoms with Crippen LogP contribution in [0, 0.1) is 0 Å². The molecule has 4 saturated heterocycles. The highest BCUT2D eigenvalue weighted by atomic mass is 79.9. The molecule has 0 aromatic heterocycles. The third kappa shape index (κ3) is 4.84. The van der Waals surface area contributed by atoms with E-state index >= 15 is 0 Å². The molecule has 0 radical (unpaired) electrons. The molecular formula is C36H46Br2O6. The zero-order valence-corrected chi connectivity index (χ0v) is 30.8. The van der Waals surface area contributed by atoms with Gasteiger partial charge in [0.1, 0.15) is 34.6 Å². The lowest BCUT2D eigenvalue weighted by molar-refractivity contribution is -0.135. The molecule has 6 rings (SSSR count). The van der Waals surface area contributed by atoms with E-state index in [1.807, 2.05) is 60.6 Å². The van der Waals surface area contributed by atoms with Gasteiger partial charge in [0.2, 0.25) is 11.6 Å². The van der Waals surface area contributed by atoms with E-state index in [1.165, 1.54) is 11.1 Å². The monoisotopic (exact) mass is 732 g/mol. The van der Waals surface area contributed by atoms with Crippen LogP contribution >= 0.6 is 31.9 Å². The van der Waals surface area contributed by atoms with Crippen LogP contribution in [0.5, 0.6) is 0 Å². The van der Waals surface area contributed by atoms with Crippen LogP contribution in [0.3, 0.4) is 0 Å². The standard InChI is InChI=1S/2C18H23BrO3/c1-6-11-10-12(19)8-9-13(11)14-18(21-14)15(20)17(5,7-2)22-16(18,3)4;1-6-11-10-12(19)8-9-13(11)14-18(21-14)15(20)16(3,4)22-17(18,5)7-2/h2*8-10,14H,6-7H2,1-5H3. The molecule has 2 spiro atoms. The highest BCUT2D eigenvalue weighted by molar-refractivity contribution is 9.10. The van der Waals surface area contributed by atoms with Crippen LogP contribution in [0.4, 0.5) is 0 Å². The molecule has 2 aromatic rings. The molecule has 0 bridgehead atoms. The Morgan fingerprint density at radius 3 is 1.57 bits per heavy atom. The molecule has 0 amide bonds. The number of Topliss-reactive ketones (excluding diaryl/α,β-unsaturated/α-hetero) is 2. The Kier molecular flexibility index (Phi) is 8.55. The highest BCUT2D eigenvalue weighted by Crippen LogP contribution is 2.66. The maximum Gasteiger partial charge on any atom is 0.202 e. The Morgan fingerprint density at radius 1 is 0.659 bits per heavy atom. The lowest BCUT2D eigenvalue weighted by Crippen LogP contribution is -2.42. The number of hydrogen-bond donors (Lipinski definition) is 0. The molecule has 44 heavy (non-hydrogen) atoms. The third-order valence-electron chi connectivity index (χ3n) is 10.5. The average molecular weight is 735 g/mol. The summed E-state index contributed by atoms with van der Waals surface area (Å²) in [6.45, 7) is 19.8. The second-order valence-corrected chi connectivity index (χ2v) is 15.7. The Morgan fingerprint density at radius 2 is 1.14 bits per heavy atom. The van der Waals surface area contributed by atoms with Crippen molar-refractivity contribution in [2.75, 3.05) is 0 Å². The topological polar surface area (TPSA) is 77.7 Å². The number of carbonyl (C=O) groups is 2. The van der Waals surface area contributed by atoms with E-state index in [9.17, 15) is 9.59 Å². The SMILES string of the molecule is CCc1cc(Br)ccc1C1OC12C(=O)C(C)(C)OC2(C)CC.CCc1cc(Br)ccc1C1OC12C(=O)C(C)(CC)OC2(C)C. The van der Waals surface area contributed by atoms with Crippen molar-refractivity contribution in [1.29, 1.82) is 0 Å². The van der Waals surface area contributed by atoms with Gasteiger partial charge in [0.05, 0.1) is 0 Å². The largest absolute Gasteiger partial charge is 0.358 e. The van der Waals surface area contributed by atoms with Crippen molar-refractivity contribution in [3.63, 3.8) is 0 Å². The molecule has 6 nitrogen and oxygen atoms in total. The first-order valence-corrected chi connectivity index (χ1v) is 17.4. The number of benzene rings is 2. The summed E-state index contributed by atoms with van der Waals surface area (Å²) in [5, 5.41) is 0. The molecule has 0 aliphatic carbocycles. The van der Waals surface area contributed by atoms with E-state index in [1.54, 1.807) is 0 Å². The first kappa shape index (κ1) is 33.9.